The first kappa shape index (κ1) is 38.0. The van der Waals surface area contributed by atoms with Crippen molar-refractivity contribution in [2.45, 2.75) is 123 Å². The summed E-state index contributed by atoms with van der Waals surface area (Å²) in [6.07, 6.45) is 4.19. The molecule has 1 heterocycles. The lowest BCUT2D eigenvalue weighted by atomic mass is 9.86. The monoisotopic (exact) mass is 691 g/mol. The summed E-state index contributed by atoms with van der Waals surface area (Å²) in [6.45, 7) is 18.9. The second-order valence-electron chi connectivity index (χ2n) is 15.3. The summed E-state index contributed by atoms with van der Waals surface area (Å²) in [6, 6.07) is 13.4. The number of benzene rings is 2. The van der Waals surface area contributed by atoms with Crippen LogP contribution in [0, 0.1) is 26.2 Å². The number of aryl methyl sites for hydroxylation is 2. The number of nitrogens with one attached hydrogen (secondary N) is 3. The molecule has 2 aromatic carbocycles. The van der Waals surface area contributed by atoms with Crippen LogP contribution >= 0.6 is 11.9 Å². The van der Waals surface area contributed by atoms with Crippen molar-refractivity contribution in [3.05, 3.63) is 64.7 Å². The van der Waals surface area contributed by atoms with Crippen LogP contribution in [0.1, 0.15) is 101 Å². The average molecular weight is 692 g/mol. The molecule has 0 aliphatic heterocycles. The number of ether oxygens (including phenoxy) is 2. The van der Waals surface area contributed by atoms with E-state index in [0.29, 0.717) is 24.5 Å². The van der Waals surface area contributed by atoms with E-state index in [9.17, 15) is 14.7 Å². The maximum atomic E-state index is 12.3. The van der Waals surface area contributed by atoms with Gasteiger partial charge in [-0.25, -0.2) is 14.6 Å². The number of rotatable bonds is 12. The predicted octanol–water partition coefficient (Wildman–Crippen LogP) is 8.50. The molecule has 266 valence electrons. The smallest absolute Gasteiger partial charge is 0.407 e. The number of aromatic carboxylic acids is 1. The highest BCUT2D eigenvalue weighted by molar-refractivity contribution is 8.00. The summed E-state index contributed by atoms with van der Waals surface area (Å²) in [5, 5.41) is 16.3. The second-order valence-corrected chi connectivity index (χ2v) is 16.1. The summed E-state index contributed by atoms with van der Waals surface area (Å²) < 4.78 is 15.3. The van der Waals surface area contributed by atoms with E-state index in [4.69, 9.17) is 19.4 Å². The van der Waals surface area contributed by atoms with Gasteiger partial charge in [0.1, 0.15) is 12.2 Å². The van der Waals surface area contributed by atoms with Gasteiger partial charge in [0.15, 0.2) is 0 Å². The number of carboxylic acid groups (broad SMARTS) is 1. The number of hydrogen-bond donors (Lipinski definition) is 4. The van der Waals surface area contributed by atoms with Crippen molar-refractivity contribution in [3.8, 4) is 17.1 Å². The van der Waals surface area contributed by atoms with Gasteiger partial charge in [0.25, 0.3) is 0 Å². The molecule has 4 N–H and O–H groups in total. The molecule has 11 heteroatoms. The lowest BCUT2D eigenvalue weighted by Gasteiger charge is -2.35. The van der Waals surface area contributed by atoms with Crippen LogP contribution < -0.4 is 20.1 Å². The van der Waals surface area contributed by atoms with Gasteiger partial charge in [-0.05, 0) is 120 Å². The topological polar surface area (TPSA) is 135 Å². The van der Waals surface area contributed by atoms with E-state index in [1.54, 1.807) is 18.2 Å². The average Bonchev–Trinajstić information content (AvgIpc) is 2.99. The highest BCUT2D eigenvalue weighted by atomic mass is 32.2. The van der Waals surface area contributed by atoms with Crippen LogP contribution in [0.4, 0.5) is 10.7 Å². The van der Waals surface area contributed by atoms with Gasteiger partial charge in [-0.3, -0.25) is 4.72 Å². The van der Waals surface area contributed by atoms with Gasteiger partial charge < -0.3 is 25.2 Å². The molecule has 49 heavy (non-hydrogen) atoms. The third-order valence-corrected chi connectivity index (χ3v) is 9.13. The Kier molecular flexibility index (Phi) is 12.6. The molecular formula is C38H53N5O5S. The van der Waals surface area contributed by atoms with Crippen LogP contribution in [0.2, 0.25) is 0 Å². The number of anilines is 1. The fraction of sp³-hybridized carbons (Fsp3) is 0.526. The minimum atomic E-state index is -0.981. The molecule has 0 bridgehead atoms. The van der Waals surface area contributed by atoms with Crippen LogP contribution in [0.25, 0.3) is 11.3 Å². The summed E-state index contributed by atoms with van der Waals surface area (Å²) in [4.78, 5) is 34.3. The zero-order valence-electron chi connectivity index (χ0n) is 30.4. The molecule has 0 spiro atoms. The minimum Gasteiger partial charge on any atom is -0.478 e. The first-order chi connectivity index (χ1) is 23.0. The zero-order chi connectivity index (χ0) is 35.9. The van der Waals surface area contributed by atoms with Crippen LogP contribution in [-0.2, 0) is 4.74 Å². The highest BCUT2D eigenvalue weighted by Gasteiger charge is 2.28. The van der Waals surface area contributed by atoms with E-state index in [2.05, 4.69) is 62.1 Å². The first-order valence-corrected chi connectivity index (χ1v) is 17.9. The van der Waals surface area contributed by atoms with Crippen LogP contribution in [-0.4, -0.2) is 57.5 Å². The van der Waals surface area contributed by atoms with E-state index in [1.165, 1.54) is 11.9 Å². The van der Waals surface area contributed by atoms with Crippen molar-refractivity contribution < 1.29 is 24.2 Å². The van der Waals surface area contributed by atoms with Gasteiger partial charge >= 0.3 is 12.1 Å². The largest absolute Gasteiger partial charge is 0.478 e. The van der Waals surface area contributed by atoms with E-state index in [-0.39, 0.29) is 29.2 Å². The number of alkyl carbamates (subject to hydrolysis) is 1. The van der Waals surface area contributed by atoms with Crippen LogP contribution in [0.3, 0.4) is 0 Å². The Hall–Kier alpha value is -3.83. The summed E-state index contributed by atoms with van der Waals surface area (Å²) in [7, 11) is 0. The van der Waals surface area contributed by atoms with Crippen LogP contribution in [0.5, 0.6) is 5.88 Å². The molecule has 1 saturated carbocycles. The van der Waals surface area contributed by atoms with Gasteiger partial charge in [-0.1, -0.05) is 45.0 Å². The van der Waals surface area contributed by atoms with E-state index >= 15 is 0 Å². The molecule has 1 atom stereocenters. The van der Waals surface area contributed by atoms with Crippen LogP contribution in [0.15, 0.2) is 47.4 Å². The molecule has 1 amide bonds. The van der Waals surface area contributed by atoms with Gasteiger partial charge in [0.2, 0.25) is 11.8 Å². The number of aromatic nitrogens is 2. The fourth-order valence-corrected chi connectivity index (χ4v) is 6.84. The summed E-state index contributed by atoms with van der Waals surface area (Å²) in [5.74, 6) is -0.105. The highest BCUT2D eigenvalue weighted by Crippen LogP contribution is 2.34. The van der Waals surface area contributed by atoms with Crippen molar-refractivity contribution in [1.82, 2.24) is 20.6 Å². The van der Waals surface area contributed by atoms with Crippen molar-refractivity contribution in [2.24, 2.45) is 5.41 Å². The van der Waals surface area contributed by atoms with E-state index in [0.717, 1.165) is 64.9 Å². The summed E-state index contributed by atoms with van der Waals surface area (Å²) >= 11 is 1.25. The SMILES string of the molecule is Cc1cccc(C)c1-c1nc(NSc2cccc(C(=O)O)c2)nc(OC[C@@H](CC(C)(C)C)NC2CCC(NC(=O)OC(C)(C)C)CC2)c1C. The molecule has 10 nitrogen and oxygen atoms in total. The number of carbonyl (C=O) groups excluding carboxylic acids is 1. The maximum Gasteiger partial charge on any atom is 0.407 e. The lowest BCUT2D eigenvalue weighted by molar-refractivity contribution is 0.0487. The molecule has 1 fully saturated rings. The van der Waals surface area contributed by atoms with Gasteiger partial charge in [0.05, 0.1) is 11.3 Å². The number of carboxylic acids is 1. The Labute approximate surface area is 295 Å². The minimum absolute atomic E-state index is 0.0640. The molecule has 0 unspecified atom stereocenters. The number of hydrogen-bond acceptors (Lipinski definition) is 9. The van der Waals surface area contributed by atoms with Crippen molar-refractivity contribution in [2.75, 3.05) is 11.3 Å². The van der Waals surface area contributed by atoms with Crippen molar-refractivity contribution in [3.63, 3.8) is 0 Å². The number of carbonyl (C=O) groups is 2. The zero-order valence-corrected chi connectivity index (χ0v) is 31.2. The Balaban J connectivity index is 1.52. The third kappa shape index (κ3) is 11.6. The lowest BCUT2D eigenvalue weighted by Crippen LogP contribution is -2.48. The van der Waals surface area contributed by atoms with Crippen molar-refractivity contribution >= 4 is 30.0 Å². The molecule has 1 aliphatic rings. The normalized spacial score (nSPS) is 17.2. The molecule has 0 saturated heterocycles. The maximum absolute atomic E-state index is 12.3. The van der Waals surface area contributed by atoms with Gasteiger partial charge in [-0.2, -0.15) is 4.98 Å². The third-order valence-electron chi connectivity index (χ3n) is 8.36. The van der Waals surface area contributed by atoms with E-state index in [1.807, 2.05) is 39.8 Å². The Bertz CT molecular complexity index is 1590. The molecule has 1 aliphatic carbocycles. The molecule has 1 aromatic heterocycles. The predicted molar refractivity (Wildman–Crippen MR) is 196 cm³/mol. The molecule has 3 aromatic rings. The van der Waals surface area contributed by atoms with Gasteiger partial charge in [0, 0.05) is 34.1 Å². The van der Waals surface area contributed by atoms with E-state index < -0.39 is 11.6 Å². The Morgan fingerprint density at radius 1 is 0.939 bits per heavy atom. The molecular weight excluding hydrogens is 639 g/mol. The second kappa shape index (κ2) is 16.3. The quantitative estimate of drug-likeness (QED) is 0.137. The van der Waals surface area contributed by atoms with Crippen molar-refractivity contribution in [1.29, 1.82) is 0 Å². The Morgan fingerprint density at radius 2 is 1.57 bits per heavy atom. The first-order valence-electron chi connectivity index (χ1n) is 17.1. The number of nitrogens with zero attached hydrogens (tertiary/aromatic N) is 2. The summed E-state index contributed by atoms with van der Waals surface area (Å²) in [5.41, 5.74) is 4.64. The molecule has 0 radical (unpaired) electrons. The Morgan fingerprint density at radius 3 is 2.18 bits per heavy atom. The molecule has 4 rings (SSSR count). The number of amides is 1. The van der Waals surface area contributed by atoms with Gasteiger partial charge in [-0.15, -0.1) is 0 Å². The fourth-order valence-electron chi connectivity index (χ4n) is 6.21. The standard InChI is InChI=1S/C38H53N5O5S/c1-23-12-10-13-24(2)31(23)32-25(3)33(42-35(41-32)43-49-30-15-11-14-26(20-30)34(44)45)47-22-29(21-37(4,5)6)39-27-16-18-28(19-17-27)40-36(46)48-38(7,8)9/h10-15,20,27-29,39H,16-19,21-22H2,1-9H3,(H,40,46)(H,44,45)(H,41,42,43)/t27?,28?,29-/m1/s1.